The van der Waals surface area contributed by atoms with Crippen LogP contribution in [0.2, 0.25) is 17.3 Å². The van der Waals surface area contributed by atoms with Crippen molar-refractivity contribution in [3.05, 3.63) is 127 Å². The van der Waals surface area contributed by atoms with Crippen molar-refractivity contribution >= 4 is 50.4 Å². The first-order chi connectivity index (χ1) is 23.4. The van der Waals surface area contributed by atoms with Gasteiger partial charge in [0.05, 0.1) is 9.70 Å². The number of aromatic nitrogens is 2. The van der Waals surface area contributed by atoms with Gasteiger partial charge in [-0.3, -0.25) is 0 Å². The minimum absolute atomic E-state index is 0. The van der Waals surface area contributed by atoms with Crippen molar-refractivity contribution < 1.29 is 31.4 Å². The molecular weight excluding hydrogens is 801 g/mol. The molecule has 7 aromatic rings. The maximum Gasteiger partial charge on any atom is 0.121 e. The Labute approximate surface area is 296 Å². The van der Waals surface area contributed by atoms with Crippen molar-refractivity contribution in [1.29, 1.82) is 0 Å². The van der Waals surface area contributed by atoms with Gasteiger partial charge in [0.1, 0.15) is 5.58 Å². The zero-order valence-electron chi connectivity index (χ0n) is 32.2. The Kier molecular flexibility index (Phi) is 8.41. The molecule has 0 aliphatic carbocycles. The molecule has 0 N–H and O–H groups in total. The van der Waals surface area contributed by atoms with Crippen molar-refractivity contribution in [2.24, 2.45) is 0 Å². The van der Waals surface area contributed by atoms with E-state index in [-0.39, 0.29) is 49.6 Å². The van der Waals surface area contributed by atoms with Gasteiger partial charge in [-0.1, -0.05) is 60.7 Å². The second-order valence-electron chi connectivity index (χ2n) is 12.7. The van der Waals surface area contributed by atoms with Gasteiger partial charge in [0, 0.05) is 33.0 Å². The number of fused-ring (bicyclic) bond motifs is 4. The molecule has 0 aliphatic rings. The quantitative estimate of drug-likeness (QED) is 0.128. The van der Waals surface area contributed by atoms with E-state index >= 15 is 0 Å². The summed E-state index contributed by atoms with van der Waals surface area (Å²) in [5, 5.41) is 4.00. The molecule has 0 bridgehead atoms. The molecule has 3 heterocycles. The summed E-state index contributed by atoms with van der Waals surface area (Å²) in [6.45, 7) is 7.13. The summed E-state index contributed by atoms with van der Waals surface area (Å²) >= 11 is -2.03. The van der Waals surface area contributed by atoms with Crippen LogP contribution in [0.4, 0.5) is 0 Å². The molecule has 0 unspecified atom stereocenters. The molecule has 0 atom stereocenters. The summed E-state index contributed by atoms with van der Waals surface area (Å²) in [7, 11) is 0. The van der Waals surface area contributed by atoms with E-state index in [0.717, 1.165) is 43.9 Å². The maximum absolute atomic E-state index is 8.66. The molecule has 0 amide bonds. The average molecular weight is 847 g/mol. The Morgan fingerprint density at radius 1 is 0.804 bits per heavy atom. The normalized spacial score (nSPS) is 13.6. The molecule has 3 nitrogen and oxygen atoms in total. The standard InChI is InChI=1S/C24H18NO.C17H22GeN.Ir/c1-15(2)16-10-11-25-22(13-16)20-9-5-8-19-21-12-17-6-3-4-7-18(17)14-23(21)26-24(19)20;1-13(2)15-11-17(14-9-7-6-8-10-14)19-12-16(15)18(3,4)5;/h3-8,10-15H,1-2H3;6-9,11-13H,1-5H3;/q2*-1;/i10D,11D,13D,15D;13D;. The van der Waals surface area contributed by atoms with Gasteiger partial charge < -0.3 is 9.40 Å². The maximum atomic E-state index is 8.66. The van der Waals surface area contributed by atoms with Crippen LogP contribution in [0.15, 0.2) is 108 Å². The largest absolute Gasteiger partial charge is 0.501 e. The van der Waals surface area contributed by atoms with E-state index in [4.69, 9.17) is 11.3 Å². The molecule has 7 rings (SSSR count). The molecule has 235 valence electrons. The Morgan fingerprint density at radius 2 is 1.54 bits per heavy atom. The van der Waals surface area contributed by atoms with Gasteiger partial charge in [-0.25, -0.2) is 0 Å². The van der Waals surface area contributed by atoms with Crippen LogP contribution in [0.5, 0.6) is 0 Å². The summed E-state index contributed by atoms with van der Waals surface area (Å²) in [6, 6.07) is 31.9. The monoisotopic (exact) mass is 848 g/mol. The molecule has 0 aliphatic heterocycles. The third kappa shape index (κ3) is 7.05. The number of benzene rings is 4. The van der Waals surface area contributed by atoms with Crippen molar-refractivity contribution in [2.75, 3.05) is 0 Å². The first-order valence-electron chi connectivity index (χ1n) is 17.7. The van der Waals surface area contributed by atoms with Crippen LogP contribution >= 0.6 is 0 Å². The average Bonchev–Trinajstić information content (AvgIpc) is 3.42. The van der Waals surface area contributed by atoms with E-state index in [0.29, 0.717) is 11.1 Å². The van der Waals surface area contributed by atoms with E-state index in [2.05, 4.69) is 57.6 Å². The van der Waals surface area contributed by atoms with Crippen LogP contribution in [0.25, 0.3) is 55.2 Å². The summed E-state index contributed by atoms with van der Waals surface area (Å²) in [6.07, 6.45) is 1.74. The Bertz CT molecular complexity index is 2380. The second kappa shape index (κ2) is 14.0. The SMILES string of the molecule is [2H]C(C)(C)c1cc(-c2[c-]cccc2)nc[c]1[Ge]([CH3])([CH3])[CH3].[2H]c1nc(-c2[c-]ccc3c2oc2cc4ccccc4cc23)c([2H])c(C([2H])(C)C)c1[2H].[Ir]. The fourth-order valence-corrected chi connectivity index (χ4v) is 8.77. The zero-order chi connectivity index (χ0) is 36.2. The van der Waals surface area contributed by atoms with Crippen LogP contribution in [0, 0.1) is 12.1 Å². The predicted molar refractivity (Wildman–Crippen MR) is 193 cm³/mol. The fourth-order valence-electron chi connectivity index (χ4n) is 5.45. The van der Waals surface area contributed by atoms with E-state index in [9.17, 15) is 0 Å². The third-order valence-corrected chi connectivity index (χ3v) is 12.1. The fraction of sp³-hybridized carbons (Fsp3) is 0.220. The summed E-state index contributed by atoms with van der Waals surface area (Å²) in [5.41, 5.74) is 5.13. The molecule has 46 heavy (non-hydrogen) atoms. The molecule has 0 saturated carbocycles. The van der Waals surface area contributed by atoms with Crippen LogP contribution in [-0.4, -0.2) is 23.2 Å². The smallest absolute Gasteiger partial charge is 0.121 e. The minimum Gasteiger partial charge on any atom is -0.501 e. The van der Waals surface area contributed by atoms with Crippen LogP contribution in [0.3, 0.4) is 0 Å². The molecule has 4 aromatic carbocycles. The van der Waals surface area contributed by atoms with Gasteiger partial charge >= 0.3 is 120 Å². The number of nitrogens with zero attached hydrogens (tertiary/aromatic N) is 2. The molecule has 0 saturated heterocycles. The van der Waals surface area contributed by atoms with Crippen molar-refractivity contribution in [3.63, 3.8) is 0 Å². The van der Waals surface area contributed by atoms with Crippen LogP contribution in [0.1, 0.15) is 57.5 Å². The molecular formula is C41H40GeIrN2O-2. The minimum atomic E-state index is -2.03. The summed E-state index contributed by atoms with van der Waals surface area (Å²) in [4.78, 5) is 8.83. The van der Waals surface area contributed by atoms with Gasteiger partial charge in [0.25, 0.3) is 0 Å². The molecule has 3 aromatic heterocycles. The number of hydrogen-bond acceptors (Lipinski definition) is 3. The molecule has 0 fully saturated rings. The number of furan rings is 1. The van der Waals surface area contributed by atoms with E-state index in [1.807, 2.05) is 74.6 Å². The Morgan fingerprint density at radius 3 is 2.22 bits per heavy atom. The van der Waals surface area contributed by atoms with Gasteiger partial charge in [0.2, 0.25) is 0 Å². The molecule has 5 heteroatoms. The second-order valence-corrected chi connectivity index (χ2v) is 23.3. The molecule has 0 spiro atoms. The Balaban J connectivity index is 0.000000211. The van der Waals surface area contributed by atoms with E-state index in [1.165, 1.54) is 4.40 Å². The first-order valence-corrected chi connectivity index (χ1v) is 22.5. The van der Waals surface area contributed by atoms with Gasteiger partial charge in [-0.2, -0.15) is 0 Å². The number of rotatable bonds is 5. The van der Waals surface area contributed by atoms with Crippen molar-refractivity contribution in [3.8, 4) is 22.5 Å². The van der Waals surface area contributed by atoms with Crippen molar-refractivity contribution in [1.82, 2.24) is 9.97 Å². The zero-order valence-corrected chi connectivity index (χ0v) is 31.7. The summed E-state index contributed by atoms with van der Waals surface area (Å²) in [5.74, 6) is 5.24. The van der Waals surface area contributed by atoms with E-state index < -0.39 is 25.1 Å². The third-order valence-electron chi connectivity index (χ3n) is 7.86. The topological polar surface area (TPSA) is 38.9 Å². The van der Waals surface area contributed by atoms with E-state index in [1.54, 1.807) is 19.9 Å². The predicted octanol–water partition coefficient (Wildman–Crippen LogP) is 10.9. The van der Waals surface area contributed by atoms with Gasteiger partial charge in [-0.15, -0.1) is 18.2 Å². The van der Waals surface area contributed by atoms with Gasteiger partial charge in [0.15, 0.2) is 0 Å². The number of hydrogen-bond donors (Lipinski definition) is 0. The van der Waals surface area contributed by atoms with Gasteiger partial charge in [-0.05, 0) is 40.5 Å². The first kappa shape index (κ1) is 27.5. The number of pyridine rings is 2. The van der Waals surface area contributed by atoms with Crippen LogP contribution in [-0.2, 0) is 20.1 Å². The molecule has 1 radical (unpaired) electrons. The summed E-state index contributed by atoms with van der Waals surface area (Å²) < 4.78 is 49.3. The van der Waals surface area contributed by atoms with Crippen LogP contribution < -0.4 is 4.40 Å². The Hall–Kier alpha value is -3.57. The van der Waals surface area contributed by atoms with Crippen molar-refractivity contribution in [2.45, 2.75) is 56.8 Å².